The van der Waals surface area contributed by atoms with Crippen LogP contribution < -0.4 is 11.2 Å². The van der Waals surface area contributed by atoms with Crippen molar-refractivity contribution in [3.05, 3.63) is 107 Å². The summed E-state index contributed by atoms with van der Waals surface area (Å²) in [5.41, 5.74) is 10.9. The van der Waals surface area contributed by atoms with E-state index in [1.807, 2.05) is 71.4 Å². The van der Waals surface area contributed by atoms with Crippen molar-refractivity contribution in [3.63, 3.8) is 0 Å². The smallest absolute Gasteiger partial charge is 0.201 e. The lowest BCUT2D eigenvalue weighted by Gasteiger charge is -2.38. The molecule has 0 saturated heterocycles. The van der Waals surface area contributed by atoms with Gasteiger partial charge in [-0.2, -0.15) is 0 Å². The fraction of sp³-hybridized carbons (Fsp3) is 0.143. The highest BCUT2D eigenvalue weighted by Gasteiger charge is 2.34. The average molecular weight is 434 g/mol. The Morgan fingerprint density at radius 2 is 1.70 bits per heavy atom. The van der Waals surface area contributed by atoms with Crippen molar-refractivity contribution < 1.29 is 4.42 Å². The number of para-hydroxylation sites is 1. The van der Waals surface area contributed by atoms with Crippen molar-refractivity contribution >= 4 is 11.0 Å². The van der Waals surface area contributed by atoms with E-state index >= 15 is 0 Å². The van der Waals surface area contributed by atoms with Gasteiger partial charge in [-0.3, -0.25) is 4.79 Å². The molecule has 2 heterocycles. The summed E-state index contributed by atoms with van der Waals surface area (Å²) < 4.78 is 8.38. The lowest BCUT2D eigenvalue weighted by molar-refractivity contribution is 0.253. The second kappa shape index (κ2) is 7.57. The monoisotopic (exact) mass is 433 g/mol. The number of nitrogens with two attached hydrogens (primary N) is 1. The van der Waals surface area contributed by atoms with Gasteiger partial charge in [-0.15, -0.1) is 0 Å². The van der Waals surface area contributed by atoms with Crippen LogP contribution in [0.5, 0.6) is 0 Å². The Morgan fingerprint density at radius 1 is 0.909 bits per heavy atom. The summed E-state index contributed by atoms with van der Waals surface area (Å²) in [6.45, 7) is 0. The molecule has 5 heteroatoms. The average Bonchev–Trinajstić information content (AvgIpc) is 3.38. The zero-order valence-electron chi connectivity index (χ0n) is 18.1. The lowest BCUT2D eigenvalue weighted by Crippen LogP contribution is -2.43. The molecule has 0 aliphatic heterocycles. The third-order valence-corrected chi connectivity index (χ3v) is 6.71. The van der Waals surface area contributed by atoms with E-state index < -0.39 is 0 Å². The molecule has 5 nitrogen and oxygen atoms in total. The van der Waals surface area contributed by atoms with Gasteiger partial charge >= 0.3 is 0 Å². The Bertz CT molecular complexity index is 1500. The molecule has 33 heavy (non-hydrogen) atoms. The van der Waals surface area contributed by atoms with Gasteiger partial charge in [0.25, 0.3) is 0 Å². The van der Waals surface area contributed by atoms with Gasteiger partial charge in [0, 0.05) is 23.5 Å². The molecule has 162 valence electrons. The van der Waals surface area contributed by atoms with Crippen LogP contribution >= 0.6 is 0 Å². The molecule has 2 N–H and O–H groups in total. The van der Waals surface area contributed by atoms with Crippen LogP contribution in [-0.4, -0.2) is 9.55 Å². The second-order valence-corrected chi connectivity index (χ2v) is 8.71. The van der Waals surface area contributed by atoms with Gasteiger partial charge in [-0.05, 0) is 42.5 Å². The maximum atomic E-state index is 13.9. The highest BCUT2D eigenvalue weighted by Crippen LogP contribution is 2.40. The third kappa shape index (κ3) is 3.20. The molecule has 0 amide bonds. The normalized spacial score (nSPS) is 14.8. The van der Waals surface area contributed by atoms with Crippen LogP contribution in [0, 0.1) is 0 Å². The predicted octanol–water partition coefficient (Wildman–Crippen LogP) is 5.65. The van der Waals surface area contributed by atoms with Crippen molar-refractivity contribution in [1.29, 1.82) is 0 Å². The molecule has 1 saturated carbocycles. The maximum absolute atomic E-state index is 13.9. The quantitative estimate of drug-likeness (QED) is 0.397. The Morgan fingerprint density at radius 3 is 2.36 bits per heavy atom. The minimum absolute atomic E-state index is 0.0593. The molecule has 6 rings (SSSR count). The molecule has 1 fully saturated rings. The molecule has 5 aromatic rings. The Labute approximate surface area is 191 Å². The number of benzene rings is 3. The largest absolute Gasteiger partial charge is 0.453 e. The van der Waals surface area contributed by atoms with E-state index in [4.69, 9.17) is 10.2 Å². The van der Waals surface area contributed by atoms with Gasteiger partial charge in [-0.1, -0.05) is 60.7 Å². The second-order valence-electron chi connectivity index (χ2n) is 8.71. The summed E-state index contributed by atoms with van der Waals surface area (Å²) in [6.07, 6.45) is 8.40. The van der Waals surface area contributed by atoms with Crippen LogP contribution in [0.4, 0.5) is 0 Å². The van der Waals surface area contributed by atoms with E-state index in [0.29, 0.717) is 22.3 Å². The number of aromatic nitrogens is 2. The van der Waals surface area contributed by atoms with Crippen LogP contribution in [0.3, 0.4) is 0 Å². The molecular weight excluding hydrogens is 410 g/mol. The summed E-state index contributed by atoms with van der Waals surface area (Å²) in [7, 11) is 0. The van der Waals surface area contributed by atoms with E-state index in [1.165, 1.54) is 0 Å². The minimum Gasteiger partial charge on any atom is -0.453 e. The molecule has 0 radical (unpaired) electrons. The summed E-state index contributed by atoms with van der Waals surface area (Å²) in [4.78, 5) is 18.0. The number of nitrogens with zero attached hydrogens (tertiary/aromatic N) is 2. The third-order valence-electron chi connectivity index (χ3n) is 6.71. The fourth-order valence-electron chi connectivity index (χ4n) is 4.68. The summed E-state index contributed by atoms with van der Waals surface area (Å²) in [5, 5.41) is 0.536. The first kappa shape index (κ1) is 19.7. The molecule has 1 aliphatic carbocycles. The number of imidazole rings is 1. The first-order valence-electron chi connectivity index (χ1n) is 11.2. The van der Waals surface area contributed by atoms with E-state index in [9.17, 15) is 4.79 Å². The lowest BCUT2D eigenvalue weighted by atomic mass is 9.72. The van der Waals surface area contributed by atoms with Gasteiger partial charge in [0.2, 0.25) is 5.43 Å². The van der Waals surface area contributed by atoms with Crippen molar-refractivity contribution in [2.45, 2.75) is 24.8 Å². The van der Waals surface area contributed by atoms with E-state index in [2.05, 4.69) is 17.1 Å². The molecular formula is C28H23N3O2. The van der Waals surface area contributed by atoms with E-state index in [-0.39, 0.29) is 11.0 Å². The first-order chi connectivity index (χ1) is 16.1. The van der Waals surface area contributed by atoms with Gasteiger partial charge in [0.15, 0.2) is 5.58 Å². The number of hydrogen-bond acceptors (Lipinski definition) is 4. The van der Waals surface area contributed by atoms with Crippen molar-refractivity contribution in [2.75, 3.05) is 0 Å². The Hall–Kier alpha value is -3.96. The summed E-state index contributed by atoms with van der Waals surface area (Å²) >= 11 is 0. The highest BCUT2D eigenvalue weighted by atomic mass is 16.3. The maximum Gasteiger partial charge on any atom is 0.201 e. The molecule has 3 aromatic carbocycles. The predicted molar refractivity (Wildman–Crippen MR) is 130 cm³/mol. The topological polar surface area (TPSA) is 74.0 Å². The van der Waals surface area contributed by atoms with Gasteiger partial charge in [0.05, 0.1) is 23.0 Å². The van der Waals surface area contributed by atoms with Crippen molar-refractivity contribution in [2.24, 2.45) is 5.73 Å². The van der Waals surface area contributed by atoms with Crippen molar-refractivity contribution in [1.82, 2.24) is 9.55 Å². The molecule has 0 unspecified atom stereocenters. The summed E-state index contributed by atoms with van der Waals surface area (Å²) in [6, 6.07) is 23.5. The van der Waals surface area contributed by atoms with Crippen LogP contribution in [0.1, 0.15) is 24.8 Å². The molecule has 0 spiro atoms. The van der Waals surface area contributed by atoms with Crippen LogP contribution in [0.15, 0.2) is 101 Å². The zero-order valence-corrected chi connectivity index (χ0v) is 18.1. The van der Waals surface area contributed by atoms with Crippen molar-refractivity contribution in [3.8, 4) is 28.1 Å². The molecule has 0 atom stereocenters. The SMILES string of the molecule is NC1(c2ccc(-c3c(-c4ccccc4)oc4c(-n5ccnc5)cccc4c3=O)cc2)CCC1. The molecule has 1 aliphatic rings. The zero-order chi connectivity index (χ0) is 22.4. The van der Waals surface area contributed by atoms with Gasteiger partial charge < -0.3 is 14.7 Å². The van der Waals surface area contributed by atoms with Gasteiger partial charge in [-0.25, -0.2) is 4.98 Å². The first-order valence-corrected chi connectivity index (χ1v) is 11.2. The Balaban J connectivity index is 1.61. The number of fused-ring (bicyclic) bond motifs is 1. The van der Waals surface area contributed by atoms with Crippen LogP contribution in [0.2, 0.25) is 0 Å². The van der Waals surface area contributed by atoms with Crippen LogP contribution in [0.25, 0.3) is 39.1 Å². The fourth-order valence-corrected chi connectivity index (χ4v) is 4.68. The van der Waals surface area contributed by atoms with Gasteiger partial charge in [0.1, 0.15) is 5.76 Å². The molecule has 2 aromatic heterocycles. The standard InChI is InChI=1S/C28H23N3O2/c29-28(14-5-15-28)21-12-10-19(11-13-21)24-25(32)22-8-4-9-23(31-17-16-30-18-31)27(22)33-26(24)20-6-2-1-3-7-20/h1-4,6-13,16-18H,5,14-15,29H2. The number of rotatable bonds is 4. The van der Waals surface area contributed by atoms with E-state index in [1.54, 1.807) is 12.5 Å². The number of hydrogen-bond donors (Lipinski definition) is 1. The van der Waals surface area contributed by atoms with E-state index in [0.717, 1.165) is 41.6 Å². The minimum atomic E-state index is -0.242. The Kier molecular flexibility index (Phi) is 4.52. The summed E-state index contributed by atoms with van der Waals surface area (Å²) in [5.74, 6) is 0.555. The van der Waals surface area contributed by atoms with Crippen LogP contribution in [-0.2, 0) is 5.54 Å². The highest BCUT2D eigenvalue weighted by molar-refractivity contribution is 5.92. The molecule has 0 bridgehead atoms.